The van der Waals surface area contributed by atoms with E-state index in [1.165, 1.54) is 12.8 Å². The lowest BCUT2D eigenvalue weighted by atomic mass is 9.80. The molecule has 3 aliphatic heterocycles. The fourth-order valence-corrected chi connectivity index (χ4v) is 6.73. The molecule has 0 saturated carbocycles. The highest BCUT2D eigenvalue weighted by Gasteiger charge is 2.41. The molecule has 3 N–H and O–H groups in total. The molecule has 1 atom stereocenters. The monoisotopic (exact) mass is 484 g/mol. The topological polar surface area (TPSA) is 103 Å². The average molecular weight is 485 g/mol. The fraction of sp³-hybridized carbons (Fsp3) is 0.308. The van der Waals surface area contributed by atoms with Crippen molar-refractivity contribution >= 4 is 61.4 Å². The lowest BCUT2D eigenvalue weighted by Crippen LogP contribution is -2.42. The number of benzene rings is 1. The summed E-state index contributed by atoms with van der Waals surface area (Å²) in [4.78, 5) is 41.6. The normalized spacial score (nSPS) is 22.8. The maximum Gasteiger partial charge on any atom is 0.261 e. The molecule has 3 aliphatic rings. The van der Waals surface area contributed by atoms with Crippen LogP contribution in [0.25, 0.3) is 32.3 Å². The van der Waals surface area contributed by atoms with E-state index in [9.17, 15) is 9.59 Å². The molecule has 1 spiro atoms. The van der Waals surface area contributed by atoms with Gasteiger partial charge in [-0.2, -0.15) is 0 Å². The SMILES string of the molecule is O=C1NC(=O)C(c2c[nH]c3ccsc23)=C1c1nc(N2CCC3(CCCNC3)C2)nc2ccccc12. The number of H-pyrrole nitrogens is 1. The van der Waals surface area contributed by atoms with Gasteiger partial charge in [0.25, 0.3) is 11.8 Å². The second kappa shape index (κ2) is 7.73. The molecule has 9 heteroatoms. The van der Waals surface area contributed by atoms with E-state index in [1.807, 2.05) is 35.7 Å². The Morgan fingerprint density at radius 1 is 1.03 bits per heavy atom. The number of para-hydroxylation sites is 1. The van der Waals surface area contributed by atoms with Crippen molar-refractivity contribution in [3.8, 4) is 0 Å². The van der Waals surface area contributed by atoms with Crippen LogP contribution in [0.3, 0.4) is 0 Å². The molecule has 0 aliphatic carbocycles. The Labute approximate surface area is 205 Å². The quantitative estimate of drug-likeness (QED) is 0.386. The van der Waals surface area contributed by atoms with Crippen molar-refractivity contribution in [3.05, 3.63) is 53.2 Å². The first-order valence-corrected chi connectivity index (χ1v) is 12.9. The van der Waals surface area contributed by atoms with Gasteiger partial charge in [0.2, 0.25) is 5.95 Å². The van der Waals surface area contributed by atoms with Crippen LogP contribution in [0.4, 0.5) is 5.95 Å². The highest BCUT2D eigenvalue weighted by molar-refractivity contribution is 7.17. The van der Waals surface area contributed by atoms with E-state index >= 15 is 0 Å². The zero-order valence-corrected chi connectivity index (χ0v) is 19.9. The highest BCUT2D eigenvalue weighted by Crippen LogP contribution is 2.41. The van der Waals surface area contributed by atoms with Crippen LogP contribution in [-0.2, 0) is 9.59 Å². The van der Waals surface area contributed by atoms with Gasteiger partial charge in [0.1, 0.15) is 0 Å². The van der Waals surface area contributed by atoms with Crippen LogP contribution in [0.1, 0.15) is 30.5 Å². The number of carbonyl (C=O) groups excluding carboxylic acids is 2. The molecule has 8 nitrogen and oxygen atoms in total. The number of amides is 2. The van der Waals surface area contributed by atoms with E-state index in [2.05, 4.69) is 20.5 Å². The number of hydrogen-bond donors (Lipinski definition) is 3. The number of imide groups is 1. The van der Waals surface area contributed by atoms with Gasteiger partial charge >= 0.3 is 0 Å². The number of aromatic nitrogens is 3. The summed E-state index contributed by atoms with van der Waals surface area (Å²) in [5, 5.41) is 8.81. The molecule has 1 unspecified atom stereocenters. The maximum absolute atomic E-state index is 13.2. The zero-order valence-electron chi connectivity index (χ0n) is 19.1. The van der Waals surface area contributed by atoms with Crippen LogP contribution in [-0.4, -0.2) is 52.9 Å². The van der Waals surface area contributed by atoms with Gasteiger partial charge in [-0.1, -0.05) is 18.2 Å². The third kappa shape index (κ3) is 3.22. The molecule has 6 heterocycles. The van der Waals surface area contributed by atoms with Crippen LogP contribution in [0.15, 0.2) is 41.9 Å². The minimum absolute atomic E-state index is 0.244. The minimum atomic E-state index is -0.417. The van der Waals surface area contributed by atoms with Gasteiger partial charge in [0, 0.05) is 42.2 Å². The van der Waals surface area contributed by atoms with Crippen LogP contribution < -0.4 is 15.5 Å². The summed E-state index contributed by atoms with van der Waals surface area (Å²) >= 11 is 1.54. The molecule has 0 bridgehead atoms. The van der Waals surface area contributed by atoms with Crippen LogP contribution in [0.5, 0.6) is 0 Å². The van der Waals surface area contributed by atoms with Crippen molar-refractivity contribution < 1.29 is 9.59 Å². The smallest absolute Gasteiger partial charge is 0.261 e. The summed E-state index contributed by atoms with van der Waals surface area (Å²) in [6.07, 6.45) is 5.29. The zero-order chi connectivity index (χ0) is 23.6. The van der Waals surface area contributed by atoms with E-state index in [-0.39, 0.29) is 5.41 Å². The Bertz CT molecular complexity index is 1540. The number of nitrogens with one attached hydrogen (secondary N) is 3. The van der Waals surface area contributed by atoms with Crippen molar-refractivity contribution in [2.75, 3.05) is 31.1 Å². The summed E-state index contributed by atoms with van der Waals surface area (Å²) in [6, 6.07) is 9.69. The van der Waals surface area contributed by atoms with E-state index in [0.29, 0.717) is 22.8 Å². The molecule has 35 heavy (non-hydrogen) atoms. The van der Waals surface area contributed by atoms with E-state index in [4.69, 9.17) is 9.97 Å². The molecular formula is C26H24N6O2S. The Balaban J connectivity index is 1.41. The standard InChI is InChI=1S/C26H24N6O2S/c33-23-19(16-12-28-18-6-11-35-22(16)18)20(24(34)31-23)21-15-4-1-2-5-17(15)29-25(30-21)32-10-8-26(14-32)7-3-9-27-13-26/h1-2,4-6,11-12,27-28H,3,7-10,13-14H2,(H,31,33,34). The van der Waals surface area contributed by atoms with Crippen molar-refractivity contribution in [2.24, 2.45) is 5.41 Å². The average Bonchev–Trinajstić information content (AvgIpc) is 3.63. The number of anilines is 1. The van der Waals surface area contributed by atoms with Gasteiger partial charge in [0.05, 0.1) is 32.6 Å². The van der Waals surface area contributed by atoms with Gasteiger partial charge in [-0.15, -0.1) is 11.3 Å². The lowest BCUT2D eigenvalue weighted by Gasteiger charge is -2.33. The molecule has 2 amide bonds. The molecule has 2 saturated heterocycles. The largest absolute Gasteiger partial charge is 0.360 e. The van der Waals surface area contributed by atoms with Crippen molar-refractivity contribution in [1.29, 1.82) is 0 Å². The van der Waals surface area contributed by atoms with E-state index in [0.717, 1.165) is 59.3 Å². The second-order valence-corrected chi connectivity index (χ2v) is 10.7. The van der Waals surface area contributed by atoms with Crippen molar-refractivity contribution in [1.82, 2.24) is 25.6 Å². The van der Waals surface area contributed by atoms with Crippen LogP contribution in [0, 0.1) is 5.41 Å². The van der Waals surface area contributed by atoms with E-state index in [1.54, 1.807) is 17.5 Å². The molecule has 7 rings (SSSR count). The number of piperidine rings is 1. The Kier molecular flexibility index (Phi) is 4.59. The summed E-state index contributed by atoms with van der Waals surface area (Å²) in [7, 11) is 0. The third-order valence-electron chi connectivity index (χ3n) is 7.59. The summed E-state index contributed by atoms with van der Waals surface area (Å²) in [5.74, 6) is -0.187. The van der Waals surface area contributed by atoms with Crippen LogP contribution in [0.2, 0.25) is 0 Å². The second-order valence-electron chi connectivity index (χ2n) is 9.74. The molecule has 176 valence electrons. The number of thiophene rings is 1. The first-order valence-electron chi connectivity index (χ1n) is 12.0. The highest BCUT2D eigenvalue weighted by atomic mass is 32.1. The molecule has 4 aromatic rings. The number of hydrogen-bond acceptors (Lipinski definition) is 7. The van der Waals surface area contributed by atoms with Gasteiger partial charge in [-0.3, -0.25) is 14.9 Å². The summed E-state index contributed by atoms with van der Waals surface area (Å²) in [5.41, 5.74) is 3.88. The van der Waals surface area contributed by atoms with Gasteiger partial charge in [-0.05, 0) is 43.3 Å². The molecule has 3 aromatic heterocycles. The minimum Gasteiger partial charge on any atom is -0.360 e. The van der Waals surface area contributed by atoms with Gasteiger partial charge in [0.15, 0.2) is 0 Å². The fourth-order valence-electron chi connectivity index (χ4n) is 5.85. The number of aromatic amines is 1. The number of carbonyl (C=O) groups is 2. The number of rotatable bonds is 3. The Hall–Kier alpha value is -3.56. The summed E-state index contributed by atoms with van der Waals surface area (Å²) in [6.45, 7) is 3.86. The van der Waals surface area contributed by atoms with Crippen molar-refractivity contribution in [3.63, 3.8) is 0 Å². The molecule has 0 radical (unpaired) electrons. The third-order valence-corrected chi connectivity index (χ3v) is 8.54. The predicted octanol–water partition coefficient (Wildman–Crippen LogP) is 3.32. The maximum atomic E-state index is 13.2. The number of fused-ring (bicyclic) bond motifs is 2. The Morgan fingerprint density at radius 3 is 2.80 bits per heavy atom. The van der Waals surface area contributed by atoms with Crippen molar-refractivity contribution in [2.45, 2.75) is 19.3 Å². The first kappa shape index (κ1) is 20.8. The first-order chi connectivity index (χ1) is 17.1. The van der Waals surface area contributed by atoms with Gasteiger partial charge < -0.3 is 15.2 Å². The van der Waals surface area contributed by atoms with E-state index < -0.39 is 11.8 Å². The number of nitrogens with zero attached hydrogens (tertiary/aromatic N) is 3. The predicted molar refractivity (Wildman–Crippen MR) is 137 cm³/mol. The molecule has 2 fully saturated rings. The lowest BCUT2D eigenvalue weighted by molar-refractivity contribution is -0.122. The summed E-state index contributed by atoms with van der Waals surface area (Å²) < 4.78 is 0.951. The molecular weight excluding hydrogens is 460 g/mol. The Morgan fingerprint density at radius 2 is 1.91 bits per heavy atom. The van der Waals surface area contributed by atoms with Crippen LogP contribution >= 0.6 is 11.3 Å². The molecule has 1 aromatic carbocycles. The van der Waals surface area contributed by atoms with Gasteiger partial charge in [-0.25, -0.2) is 9.97 Å².